The number of carbonyl (C=O) groups is 5. The summed E-state index contributed by atoms with van der Waals surface area (Å²) in [5.41, 5.74) is -0.769. The zero-order valence-electron chi connectivity index (χ0n) is 32.6. The molecule has 3 saturated carbocycles. The van der Waals surface area contributed by atoms with Crippen molar-refractivity contribution in [3.63, 3.8) is 0 Å². The van der Waals surface area contributed by atoms with E-state index < -0.39 is 48.9 Å². The average Bonchev–Trinajstić information content (AvgIpc) is 3.92. The normalized spacial score (nSPS) is 30.8. The third-order valence-electron chi connectivity index (χ3n) is 14.5. The van der Waals surface area contributed by atoms with Gasteiger partial charge in [-0.3, -0.25) is 24.0 Å². The monoisotopic (exact) mass is 729 g/mol. The van der Waals surface area contributed by atoms with Gasteiger partial charge in [-0.2, -0.15) is 0 Å². The van der Waals surface area contributed by atoms with Gasteiger partial charge in [-0.05, 0) is 94.8 Å². The highest BCUT2D eigenvalue weighted by atomic mass is 32.2. The van der Waals surface area contributed by atoms with Crippen molar-refractivity contribution in [2.24, 2.45) is 40.4 Å². The van der Waals surface area contributed by atoms with Gasteiger partial charge in [0.2, 0.25) is 11.7 Å². The van der Waals surface area contributed by atoms with E-state index in [1.165, 1.54) is 0 Å². The summed E-state index contributed by atoms with van der Waals surface area (Å²) < 4.78 is 26.4. The summed E-state index contributed by atoms with van der Waals surface area (Å²) in [5.74, 6) is -1.75. The van der Waals surface area contributed by atoms with Crippen molar-refractivity contribution in [1.29, 1.82) is 0 Å². The molecule has 5 aliphatic rings. The van der Waals surface area contributed by atoms with E-state index in [2.05, 4.69) is 13.8 Å². The predicted molar refractivity (Wildman–Crippen MR) is 200 cm³/mol. The van der Waals surface area contributed by atoms with Crippen molar-refractivity contribution < 1.29 is 32.4 Å². The van der Waals surface area contributed by atoms with Crippen LogP contribution < -0.4 is 0 Å². The van der Waals surface area contributed by atoms with Crippen LogP contribution in [-0.4, -0.2) is 64.9 Å². The van der Waals surface area contributed by atoms with Gasteiger partial charge in [0.1, 0.15) is 5.78 Å². The first-order valence-corrected chi connectivity index (χ1v) is 22.1. The minimum atomic E-state index is -3.52. The lowest BCUT2D eigenvalue weighted by molar-refractivity contribution is -0.146. The van der Waals surface area contributed by atoms with Crippen molar-refractivity contribution in [2.75, 3.05) is 6.54 Å². The van der Waals surface area contributed by atoms with E-state index >= 15 is 0 Å². The van der Waals surface area contributed by atoms with Crippen molar-refractivity contribution in [2.45, 2.75) is 186 Å². The highest BCUT2D eigenvalue weighted by Gasteiger charge is 2.69. The van der Waals surface area contributed by atoms with E-state index in [1.54, 1.807) is 18.7 Å². The first kappa shape index (κ1) is 40.3. The van der Waals surface area contributed by atoms with Gasteiger partial charge in [-0.15, -0.1) is 0 Å². The van der Waals surface area contributed by atoms with Gasteiger partial charge in [-0.25, -0.2) is 8.42 Å². The number of hydrogen-bond donors (Lipinski definition) is 0. The molecular weight excluding hydrogens is 663 g/mol. The molecule has 5 rings (SSSR count). The highest BCUT2D eigenvalue weighted by Crippen LogP contribution is 2.65. The Bertz CT molecular complexity index is 1430. The molecule has 5 atom stereocenters. The minimum absolute atomic E-state index is 0.00544. The van der Waals surface area contributed by atoms with Gasteiger partial charge >= 0.3 is 0 Å². The summed E-state index contributed by atoms with van der Waals surface area (Å²) in [6.07, 6.45) is 14.4. The summed E-state index contributed by atoms with van der Waals surface area (Å²) >= 11 is 0. The number of sulfone groups is 1. The number of carbonyl (C=O) groups excluding carboxylic acids is 5. The summed E-state index contributed by atoms with van der Waals surface area (Å²) in [5, 5.41) is -0.553. The number of amides is 1. The molecule has 0 aromatic carbocycles. The van der Waals surface area contributed by atoms with Gasteiger partial charge in [0.05, 0.1) is 16.0 Å². The fourth-order valence-corrected chi connectivity index (χ4v) is 12.6. The summed E-state index contributed by atoms with van der Waals surface area (Å²) in [4.78, 5) is 71.5. The van der Waals surface area contributed by atoms with Crippen LogP contribution >= 0.6 is 0 Å². The number of piperidine rings is 1. The smallest absolute Gasteiger partial charge is 0.226 e. The topological polar surface area (TPSA) is 123 Å². The Hall–Kier alpha value is -1.90. The Morgan fingerprint density at radius 2 is 1.39 bits per heavy atom. The number of Topliss-reactive ketones (excluding diaryl/α,β-unsaturated/α-hetero) is 4. The van der Waals surface area contributed by atoms with Crippen LogP contribution in [0, 0.1) is 40.4 Å². The maximum atomic E-state index is 14.7. The fraction of sp³-hybridized carbons (Fsp3) is 0.881. The third kappa shape index (κ3) is 8.43. The highest BCUT2D eigenvalue weighted by molar-refractivity contribution is 7.93. The molecule has 8 nitrogen and oxygen atoms in total. The maximum Gasteiger partial charge on any atom is 0.226 e. The molecule has 5 fully saturated rings. The van der Waals surface area contributed by atoms with Gasteiger partial charge in [-0.1, -0.05) is 78.1 Å². The molecule has 0 unspecified atom stereocenters. The molecule has 1 amide bonds. The van der Waals surface area contributed by atoms with E-state index in [9.17, 15) is 32.4 Å². The molecule has 3 aliphatic carbocycles. The molecule has 288 valence electrons. The van der Waals surface area contributed by atoms with Crippen LogP contribution in [0.25, 0.3) is 0 Å². The van der Waals surface area contributed by atoms with Gasteiger partial charge in [0, 0.05) is 44.1 Å². The third-order valence-corrected chi connectivity index (χ3v) is 17.6. The summed E-state index contributed by atoms with van der Waals surface area (Å²) in [7, 11) is -3.52. The Labute approximate surface area is 308 Å². The van der Waals surface area contributed by atoms with Crippen molar-refractivity contribution >= 4 is 38.9 Å². The van der Waals surface area contributed by atoms with Gasteiger partial charge < -0.3 is 4.90 Å². The number of fused-ring (bicyclic) bond motifs is 3. The number of nitrogens with zero attached hydrogens (tertiary/aromatic N) is 1. The molecule has 9 heteroatoms. The molecule has 2 aliphatic heterocycles. The van der Waals surface area contributed by atoms with Crippen LogP contribution in [-0.2, 0) is 33.8 Å². The van der Waals surface area contributed by atoms with E-state index in [-0.39, 0.29) is 66.2 Å². The zero-order valence-corrected chi connectivity index (χ0v) is 33.4. The van der Waals surface area contributed by atoms with Crippen LogP contribution in [0.4, 0.5) is 0 Å². The second kappa shape index (κ2) is 15.8. The SMILES string of the molecule is CC(C)S(=O)(=O)C(C)(C)C1(CC(=O)C[C@H]2CCCCCCCCC[C@@H](C(=O)C(=O)CC3CC3)CC(=O)[C@@H]3[C@@H]4[C@H](CN3C2=O)C4(C)C)CCCCC1. The van der Waals surface area contributed by atoms with E-state index in [0.717, 1.165) is 77.0 Å². The molecule has 2 saturated heterocycles. The van der Waals surface area contributed by atoms with Gasteiger partial charge in [0.25, 0.3) is 0 Å². The number of ketones is 4. The van der Waals surface area contributed by atoms with Crippen molar-refractivity contribution in [3.8, 4) is 0 Å². The lowest BCUT2D eigenvalue weighted by Gasteiger charge is -2.49. The molecule has 2 heterocycles. The fourth-order valence-electron chi connectivity index (χ4n) is 10.5. The second-order valence-electron chi connectivity index (χ2n) is 18.8. The summed E-state index contributed by atoms with van der Waals surface area (Å²) in [6, 6.07) is -0.642. The average molecular weight is 730 g/mol. The first-order valence-electron chi connectivity index (χ1n) is 20.6. The molecular formula is C42H67NO7S. The largest absolute Gasteiger partial charge is 0.332 e. The lowest BCUT2D eigenvalue weighted by atomic mass is 9.63. The van der Waals surface area contributed by atoms with Crippen LogP contribution in [0.5, 0.6) is 0 Å². The Balaban J connectivity index is 1.39. The Morgan fingerprint density at radius 3 is 1.98 bits per heavy atom. The van der Waals surface area contributed by atoms with Crippen LogP contribution in [0.2, 0.25) is 0 Å². The molecule has 0 aromatic heterocycles. The van der Waals surface area contributed by atoms with E-state index in [1.807, 2.05) is 13.8 Å². The zero-order chi connectivity index (χ0) is 37.4. The van der Waals surface area contributed by atoms with Gasteiger partial charge in [0.15, 0.2) is 21.4 Å². The quantitative estimate of drug-likeness (QED) is 0.197. The summed E-state index contributed by atoms with van der Waals surface area (Å²) in [6.45, 7) is 11.8. The minimum Gasteiger partial charge on any atom is -0.332 e. The molecule has 0 aromatic rings. The Kier molecular flexibility index (Phi) is 12.5. The predicted octanol–water partition coefficient (Wildman–Crippen LogP) is 8.03. The molecule has 0 spiro atoms. The van der Waals surface area contributed by atoms with E-state index in [0.29, 0.717) is 38.1 Å². The lowest BCUT2D eigenvalue weighted by Crippen LogP contribution is -2.54. The van der Waals surface area contributed by atoms with Crippen LogP contribution in [0.15, 0.2) is 0 Å². The first-order chi connectivity index (χ1) is 23.9. The van der Waals surface area contributed by atoms with Crippen molar-refractivity contribution in [1.82, 2.24) is 4.90 Å². The second-order valence-corrected chi connectivity index (χ2v) is 21.9. The van der Waals surface area contributed by atoms with Crippen molar-refractivity contribution in [3.05, 3.63) is 0 Å². The van der Waals surface area contributed by atoms with Crippen LogP contribution in [0.1, 0.15) is 170 Å². The molecule has 51 heavy (non-hydrogen) atoms. The number of hydrogen-bond acceptors (Lipinski definition) is 7. The van der Waals surface area contributed by atoms with E-state index in [4.69, 9.17) is 0 Å². The molecule has 0 bridgehead atoms. The standard InChI is InChI=1S/C42H67NO7S/c1-28(2)51(49,50)41(5,6)42(21-15-12-16-22-42)26-32(44)24-31-18-14-11-9-7-8-10-13-17-30(38(47)35(46)23-29-19-20-29)25-34(45)37-36-33(40(36,3)4)27-43(37)39(31)48/h28-31,33,36-37H,7-27H2,1-6H3/t30-,31-,33+,36+,37-/m1/s1. The Morgan fingerprint density at radius 1 is 0.824 bits per heavy atom. The molecule has 0 radical (unpaired) electrons. The maximum absolute atomic E-state index is 14.7. The number of rotatable bonds is 11. The molecule has 0 N–H and O–H groups in total. The van der Waals surface area contributed by atoms with Crippen LogP contribution in [0.3, 0.4) is 0 Å².